The first-order valence-electron chi connectivity index (χ1n) is 5.98. The second-order valence-corrected chi connectivity index (χ2v) is 7.44. The molecule has 0 spiro atoms. The zero-order chi connectivity index (χ0) is 12.5. The van der Waals surface area contributed by atoms with Gasteiger partial charge in [-0.25, -0.2) is 8.42 Å². The van der Waals surface area contributed by atoms with Crippen LogP contribution in [-0.2, 0) is 16.3 Å². The third-order valence-corrected chi connectivity index (χ3v) is 5.49. The average molecular weight is 273 g/mol. The smallest absolute Gasteiger partial charge is 0.178 e. The molecule has 1 saturated carbocycles. The minimum Gasteiger partial charge on any atom is -0.224 e. The molecule has 0 aromatic heterocycles. The molecule has 0 heterocycles. The number of halogens is 1. The van der Waals surface area contributed by atoms with Gasteiger partial charge >= 0.3 is 0 Å². The summed E-state index contributed by atoms with van der Waals surface area (Å²) in [6, 6.07) is 7.12. The number of rotatable bonds is 5. The van der Waals surface area contributed by atoms with E-state index < -0.39 is 9.84 Å². The van der Waals surface area contributed by atoms with Crippen molar-refractivity contribution in [3.8, 4) is 0 Å². The Balaban J connectivity index is 2.07. The van der Waals surface area contributed by atoms with Crippen LogP contribution < -0.4 is 0 Å². The predicted octanol–water partition coefficient (Wildman–Crippen LogP) is 3.04. The maximum atomic E-state index is 11.6. The summed E-state index contributed by atoms with van der Waals surface area (Å²) >= 11 is 6.25. The quantitative estimate of drug-likeness (QED) is 0.772. The van der Waals surface area contributed by atoms with Crippen LogP contribution in [0.5, 0.6) is 0 Å². The molecule has 1 aromatic carbocycles. The standard InChI is InChI=1S/C13H17ClO2S/c1-2-17(15,16)12-7-3-10(4-8-12)9-13(14)11-5-6-11/h3-4,7-8,11,13H,2,5-6,9H2,1H3. The predicted molar refractivity (Wildman–Crippen MR) is 70.2 cm³/mol. The van der Waals surface area contributed by atoms with Gasteiger partial charge < -0.3 is 0 Å². The number of alkyl halides is 1. The van der Waals surface area contributed by atoms with E-state index in [1.807, 2.05) is 12.1 Å². The highest BCUT2D eigenvalue weighted by molar-refractivity contribution is 7.91. The van der Waals surface area contributed by atoms with Gasteiger partial charge in [0.2, 0.25) is 0 Å². The fourth-order valence-corrected chi connectivity index (χ4v) is 3.16. The zero-order valence-electron chi connectivity index (χ0n) is 9.90. The highest BCUT2D eigenvalue weighted by Gasteiger charge is 2.29. The van der Waals surface area contributed by atoms with Crippen molar-refractivity contribution in [1.82, 2.24) is 0 Å². The van der Waals surface area contributed by atoms with E-state index >= 15 is 0 Å². The minimum absolute atomic E-state index is 0.145. The van der Waals surface area contributed by atoms with Crippen LogP contribution in [0.25, 0.3) is 0 Å². The summed E-state index contributed by atoms with van der Waals surface area (Å²) in [7, 11) is -3.08. The highest BCUT2D eigenvalue weighted by Crippen LogP contribution is 2.37. The van der Waals surface area contributed by atoms with Crippen LogP contribution in [0.15, 0.2) is 29.2 Å². The SMILES string of the molecule is CCS(=O)(=O)c1ccc(CC(Cl)C2CC2)cc1. The lowest BCUT2D eigenvalue weighted by molar-refractivity contribution is 0.597. The van der Waals surface area contributed by atoms with E-state index in [0.717, 1.165) is 12.0 Å². The third-order valence-electron chi connectivity index (χ3n) is 3.23. The summed E-state index contributed by atoms with van der Waals surface area (Å²) in [6.07, 6.45) is 3.30. The van der Waals surface area contributed by atoms with Gasteiger partial charge in [-0.3, -0.25) is 0 Å². The van der Waals surface area contributed by atoms with Gasteiger partial charge in [-0.2, -0.15) is 0 Å². The third kappa shape index (κ3) is 3.23. The fourth-order valence-electron chi connectivity index (χ4n) is 1.85. The second kappa shape index (κ2) is 4.99. The van der Waals surface area contributed by atoms with Crippen LogP contribution in [0.4, 0.5) is 0 Å². The van der Waals surface area contributed by atoms with Crippen LogP contribution >= 0.6 is 11.6 Å². The minimum atomic E-state index is -3.08. The van der Waals surface area contributed by atoms with E-state index in [4.69, 9.17) is 11.6 Å². The molecule has 94 valence electrons. The van der Waals surface area contributed by atoms with Gasteiger partial charge in [0.05, 0.1) is 10.6 Å². The fraction of sp³-hybridized carbons (Fsp3) is 0.538. The van der Waals surface area contributed by atoms with E-state index in [1.165, 1.54) is 12.8 Å². The molecule has 1 aliphatic rings. The molecule has 17 heavy (non-hydrogen) atoms. The summed E-state index contributed by atoms with van der Waals surface area (Å²) in [5.74, 6) is 0.808. The molecule has 0 saturated heterocycles. The van der Waals surface area contributed by atoms with Crippen molar-refractivity contribution in [3.63, 3.8) is 0 Å². The first-order chi connectivity index (χ1) is 8.03. The van der Waals surface area contributed by atoms with Crippen LogP contribution in [0.2, 0.25) is 0 Å². The van der Waals surface area contributed by atoms with Crippen LogP contribution in [0.1, 0.15) is 25.3 Å². The zero-order valence-corrected chi connectivity index (χ0v) is 11.5. The van der Waals surface area contributed by atoms with Gasteiger partial charge in [-0.05, 0) is 42.9 Å². The lowest BCUT2D eigenvalue weighted by atomic mass is 10.1. The number of sulfone groups is 1. The van der Waals surface area contributed by atoms with Crippen LogP contribution in [-0.4, -0.2) is 19.5 Å². The molecular formula is C13H17ClO2S. The van der Waals surface area contributed by atoms with E-state index in [1.54, 1.807) is 19.1 Å². The summed E-state index contributed by atoms with van der Waals surface area (Å²) in [6.45, 7) is 1.66. The van der Waals surface area contributed by atoms with E-state index in [0.29, 0.717) is 10.8 Å². The molecule has 0 N–H and O–H groups in total. The summed E-state index contributed by atoms with van der Waals surface area (Å²) < 4.78 is 23.3. The molecule has 1 aliphatic carbocycles. The maximum absolute atomic E-state index is 11.6. The van der Waals surface area contributed by atoms with Crippen molar-refractivity contribution in [1.29, 1.82) is 0 Å². The van der Waals surface area contributed by atoms with Gasteiger partial charge in [-0.15, -0.1) is 11.6 Å². The monoisotopic (exact) mass is 272 g/mol. The molecule has 0 radical (unpaired) electrons. The van der Waals surface area contributed by atoms with Gasteiger partial charge in [0.15, 0.2) is 9.84 Å². The Morgan fingerprint density at radius 2 is 1.88 bits per heavy atom. The van der Waals surface area contributed by atoms with E-state index in [2.05, 4.69) is 0 Å². The Morgan fingerprint density at radius 1 is 1.29 bits per heavy atom. The van der Waals surface area contributed by atoms with Crippen molar-refractivity contribution in [3.05, 3.63) is 29.8 Å². The summed E-state index contributed by atoms with van der Waals surface area (Å²) in [5.41, 5.74) is 1.12. The van der Waals surface area contributed by atoms with Crippen molar-refractivity contribution < 1.29 is 8.42 Å². The van der Waals surface area contributed by atoms with Crippen molar-refractivity contribution in [2.24, 2.45) is 5.92 Å². The van der Waals surface area contributed by atoms with Gasteiger partial charge in [0, 0.05) is 5.38 Å². The van der Waals surface area contributed by atoms with Crippen molar-refractivity contribution in [2.75, 3.05) is 5.75 Å². The first-order valence-corrected chi connectivity index (χ1v) is 8.07. The lowest BCUT2D eigenvalue weighted by Gasteiger charge is -2.08. The first kappa shape index (κ1) is 12.9. The Labute approximate surface area is 108 Å². The molecule has 2 rings (SSSR count). The largest absolute Gasteiger partial charge is 0.224 e. The Bertz CT molecular complexity index is 475. The Morgan fingerprint density at radius 3 is 2.35 bits per heavy atom. The number of hydrogen-bond acceptors (Lipinski definition) is 2. The Kier molecular flexibility index (Phi) is 3.79. The van der Waals surface area contributed by atoms with Crippen molar-refractivity contribution >= 4 is 21.4 Å². The summed E-state index contributed by atoms with van der Waals surface area (Å²) in [5, 5.41) is 0.198. The molecule has 2 nitrogen and oxygen atoms in total. The molecule has 0 amide bonds. The average Bonchev–Trinajstić information content (AvgIpc) is 3.13. The highest BCUT2D eigenvalue weighted by atomic mass is 35.5. The maximum Gasteiger partial charge on any atom is 0.178 e. The summed E-state index contributed by atoms with van der Waals surface area (Å²) in [4.78, 5) is 0.404. The normalized spacial score (nSPS) is 18.0. The van der Waals surface area contributed by atoms with Crippen LogP contribution in [0.3, 0.4) is 0 Å². The molecule has 1 unspecified atom stereocenters. The molecule has 1 fully saturated rings. The molecular weight excluding hydrogens is 256 g/mol. The number of benzene rings is 1. The van der Waals surface area contributed by atoms with Gasteiger partial charge in [-0.1, -0.05) is 19.1 Å². The molecule has 0 bridgehead atoms. The van der Waals surface area contributed by atoms with E-state index in [-0.39, 0.29) is 11.1 Å². The topological polar surface area (TPSA) is 34.1 Å². The van der Waals surface area contributed by atoms with Crippen LogP contribution in [0, 0.1) is 5.92 Å². The van der Waals surface area contributed by atoms with Gasteiger partial charge in [0.1, 0.15) is 0 Å². The molecule has 0 aliphatic heterocycles. The van der Waals surface area contributed by atoms with E-state index in [9.17, 15) is 8.42 Å². The lowest BCUT2D eigenvalue weighted by Crippen LogP contribution is -2.07. The molecule has 4 heteroatoms. The molecule has 1 aromatic rings. The van der Waals surface area contributed by atoms with Crippen molar-refractivity contribution in [2.45, 2.75) is 36.5 Å². The van der Waals surface area contributed by atoms with Gasteiger partial charge in [0.25, 0.3) is 0 Å². The molecule has 1 atom stereocenters. The number of hydrogen-bond donors (Lipinski definition) is 0. The Hall–Kier alpha value is -0.540. The second-order valence-electron chi connectivity index (χ2n) is 4.60.